The average molecular weight is 260 g/mol. The lowest BCUT2D eigenvalue weighted by Crippen LogP contribution is -2.33. The highest BCUT2D eigenvalue weighted by Crippen LogP contribution is 2.20. The molecule has 0 radical (unpaired) electrons. The minimum Gasteiger partial charge on any atom is -0.361 e. The van der Waals surface area contributed by atoms with Crippen LogP contribution in [0.15, 0.2) is 30.5 Å². The highest BCUT2D eigenvalue weighted by molar-refractivity contribution is 7.99. The van der Waals surface area contributed by atoms with Crippen molar-refractivity contribution in [2.75, 3.05) is 24.6 Å². The largest absolute Gasteiger partial charge is 0.361 e. The van der Waals surface area contributed by atoms with Gasteiger partial charge in [0.25, 0.3) is 5.91 Å². The van der Waals surface area contributed by atoms with Gasteiger partial charge < -0.3 is 9.88 Å². The van der Waals surface area contributed by atoms with E-state index in [1.807, 2.05) is 47.1 Å². The number of benzene rings is 1. The van der Waals surface area contributed by atoms with Gasteiger partial charge in [-0.05, 0) is 24.3 Å². The van der Waals surface area contributed by atoms with Gasteiger partial charge in [-0.2, -0.15) is 11.8 Å². The molecule has 0 aliphatic carbocycles. The van der Waals surface area contributed by atoms with Crippen molar-refractivity contribution in [1.29, 1.82) is 0 Å². The van der Waals surface area contributed by atoms with Crippen molar-refractivity contribution in [2.45, 2.75) is 6.42 Å². The molecule has 1 N–H and O–H groups in total. The number of nitrogens with one attached hydrogen (secondary N) is 1. The molecule has 18 heavy (non-hydrogen) atoms. The van der Waals surface area contributed by atoms with Crippen LogP contribution in [0, 0.1) is 0 Å². The zero-order chi connectivity index (χ0) is 12.4. The predicted octanol–water partition coefficient (Wildman–Crippen LogP) is 2.75. The van der Waals surface area contributed by atoms with Crippen LogP contribution in [-0.2, 0) is 0 Å². The molecule has 1 amide bonds. The molecule has 1 aromatic carbocycles. The molecule has 0 saturated carbocycles. The maximum absolute atomic E-state index is 12.6. The number of thioether (sulfide) groups is 1. The van der Waals surface area contributed by atoms with Crippen LogP contribution in [0.4, 0.5) is 0 Å². The quantitative estimate of drug-likeness (QED) is 0.856. The van der Waals surface area contributed by atoms with E-state index in [9.17, 15) is 4.79 Å². The molecular formula is C14H16N2OS. The number of nitrogens with zero attached hydrogens (tertiary/aromatic N) is 1. The minimum atomic E-state index is 0.158. The van der Waals surface area contributed by atoms with Gasteiger partial charge in [0.15, 0.2) is 0 Å². The molecule has 0 bridgehead atoms. The number of rotatable bonds is 1. The van der Waals surface area contributed by atoms with E-state index in [1.165, 1.54) is 0 Å². The van der Waals surface area contributed by atoms with E-state index < -0.39 is 0 Å². The van der Waals surface area contributed by atoms with Crippen LogP contribution >= 0.6 is 11.8 Å². The summed E-state index contributed by atoms with van der Waals surface area (Å²) in [7, 11) is 0. The molecule has 4 heteroatoms. The minimum absolute atomic E-state index is 0.158. The van der Waals surface area contributed by atoms with E-state index >= 15 is 0 Å². The van der Waals surface area contributed by atoms with Crippen LogP contribution < -0.4 is 0 Å². The molecular weight excluding hydrogens is 244 g/mol. The van der Waals surface area contributed by atoms with Gasteiger partial charge in [-0.3, -0.25) is 4.79 Å². The van der Waals surface area contributed by atoms with E-state index in [4.69, 9.17) is 0 Å². The SMILES string of the molecule is O=C(c1cccc2cc[nH]c12)N1CCCSCC1. The smallest absolute Gasteiger partial charge is 0.256 e. The first-order chi connectivity index (χ1) is 8.86. The van der Waals surface area contributed by atoms with Crippen LogP contribution in [-0.4, -0.2) is 40.4 Å². The van der Waals surface area contributed by atoms with E-state index in [-0.39, 0.29) is 5.91 Å². The highest BCUT2D eigenvalue weighted by atomic mass is 32.2. The third kappa shape index (κ3) is 2.12. The van der Waals surface area contributed by atoms with Gasteiger partial charge in [0, 0.05) is 30.4 Å². The summed E-state index contributed by atoms with van der Waals surface area (Å²) in [4.78, 5) is 17.7. The van der Waals surface area contributed by atoms with Gasteiger partial charge in [-0.15, -0.1) is 0 Å². The van der Waals surface area contributed by atoms with E-state index in [0.717, 1.165) is 47.5 Å². The zero-order valence-electron chi connectivity index (χ0n) is 10.2. The second-order valence-corrected chi connectivity index (χ2v) is 5.73. The Balaban J connectivity index is 1.93. The number of H-pyrrole nitrogens is 1. The predicted molar refractivity (Wildman–Crippen MR) is 76.1 cm³/mol. The Hall–Kier alpha value is -1.42. The number of hydrogen-bond donors (Lipinski definition) is 1. The van der Waals surface area contributed by atoms with E-state index in [0.29, 0.717) is 0 Å². The monoisotopic (exact) mass is 260 g/mol. The summed E-state index contributed by atoms with van der Waals surface area (Å²) >= 11 is 1.94. The molecule has 2 aromatic rings. The van der Waals surface area contributed by atoms with E-state index in [2.05, 4.69) is 4.98 Å². The Morgan fingerprint density at radius 3 is 3.11 bits per heavy atom. The van der Waals surface area contributed by atoms with Gasteiger partial charge in [0.2, 0.25) is 0 Å². The summed E-state index contributed by atoms with van der Waals surface area (Å²) in [5, 5.41) is 1.10. The van der Waals surface area contributed by atoms with Crippen LogP contribution in [0.2, 0.25) is 0 Å². The number of hydrogen-bond acceptors (Lipinski definition) is 2. The van der Waals surface area contributed by atoms with Crippen LogP contribution in [0.1, 0.15) is 16.8 Å². The lowest BCUT2D eigenvalue weighted by atomic mass is 10.1. The molecule has 0 unspecified atom stereocenters. The molecule has 1 fully saturated rings. The van der Waals surface area contributed by atoms with Crippen molar-refractivity contribution in [1.82, 2.24) is 9.88 Å². The number of fused-ring (bicyclic) bond motifs is 1. The Morgan fingerprint density at radius 2 is 2.17 bits per heavy atom. The normalized spacial score (nSPS) is 16.8. The van der Waals surface area contributed by atoms with Crippen molar-refractivity contribution in [2.24, 2.45) is 0 Å². The summed E-state index contributed by atoms with van der Waals surface area (Å²) in [6.45, 7) is 1.74. The maximum atomic E-state index is 12.6. The summed E-state index contributed by atoms with van der Waals surface area (Å²) in [6, 6.07) is 7.90. The molecule has 0 atom stereocenters. The first kappa shape index (κ1) is 11.7. The summed E-state index contributed by atoms with van der Waals surface area (Å²) in [5.41, 5.74) is 1.75. The van der Waals surface area contributed by atoms with Crippen molar-refractivity contribution in [3.05, 3.63) is 36.0 Å². The fourth-order valence-corrected chi connectivity index (χ4v) is 3.27. The second-order valence-electron chi connectivity index (χ2n) is 4.51. The lowest BCUT2D eigenvalue weighted by molar-refractivity contribution is 0.0770. The Labute approximate surface area is 111 Å². The van der Waals surface area contributed by atoms with Gasteiger partial charge in [0.05, 0.1) is 11.1 Å². The van der Waals surface area contributed by atoms with Crippen molar-refractivity contribution >= 4 is 28.6 Å². The summed E-state index contributed by atoms with van der Waals surface area (Å²) in [6.07, 6.45) is 2.98. The first-order valence-corrected chi connectivity index (χ1v) is 7.45. The first-order valence-electron chi connectivity index (χ1n) is 6.29. The molecule has 0 spiro atoms. The molecule has 94 valence electrons. The summed E-state index contributed by atoms with van der Waals surface area (Å²) < 4.78 is 0. The number of aromatic amines is 1. The van der Waals surface area contributed by atoms with Crippen LogP contribution in [0.5, 0.6) is 0 Å². The molecule has 3 rings (SSSR count). The molecule has 1 aromatic heterocycles. The number of para-hydroxylation sites is 1. The van der Waals surface area contributed by atoms with Gasteiger partial charge in [0.1, 0.15) is 0 Å². The molecule has 1 aliphatic heterocycles. The second kappa shape index (κ2) is 5.06. The lowest BCUT2D eigenvalue weighted by Gasteiger charge is -2.20. The Morgan fingerprint density at radius 1 is 1.22 bits per heavy atom. The van der Waals surface area contributed by atoms with Crippen molar-refractivity contribution < 1.29 is 4.79 Å². The topological polar surface area (TPSA) is 36.1 Å². The van der Waals surface area contributed by atoms with Crippen LogP contribution in [0.25, 0.3) is 10.9 Å². The Bertz CT molecular complexity index is 556. The number of aromatic nitrogens is 1. The fourth-order valence-electron chi connectivity index (χ4n) is 2.38. The molecule has 3 nitrogen and oxygen atoms in total. The highest BCUT2D eigenvalue weighted by Gasteiger charge is 2.19. The van der Waals surface area contributed by atoms with E-state index in [1.54, 1.807) is 0 Å². The zero-order valence-corrected chi connectivity index (χ0v) is 11.0. The fraction of sp³-hybridized carbons (Fsp3) is 0.357. The molecule has 1 aliphatic rings. The van der Waals surface area contributed by atoms with Crippen LogP contribution in [0.3, 0.4) is 0 Å². The van der Waals surface area contributed by atoms with Gasteiger partial charge in [-0.25, -0.2) is 0 Å². The molecule has 2 heterocycles. The Kier molecular flexibility index (Phi) is 3.28. The average Bonchev–Trinajstić information content (AvgIpc) is 2.71. The van der Waals surface area contributed by atoms with Crippen molar-refractivity contribution in [3.63, 3.8) is 0 Å². The maximum Gasteiger partial charge on any atom is 0.256 e. The number of amides is 1. The number of carbonyl (C=O) groups excluding carboxylic acids is 1. The third-order valence-corrected chi connectivity index (χ3v) is 4.38. The third-order valence-electron chi connectivity index (χ3n) is 3.33. The summed E-state index contributed by atoms with van der Waals surface area (Å²) in [5.74, 6) is 2.37. The van der Waals surface area contributed by atoms with Gasteiger partial charge in [-0.1, -0.05) is 12.1 Å². The molecule has 1 saturated heterocycles. The standard InChI is InChI=1S/C14H16N2OS/c17-14(16-7-2-9-18-10-8-16)12-4-1-3-11-5-6-15-13(11)12/h1,3-6,15H,2,7-10H2. The van der Waals surface area contributed by atoms with Gasteiger partial charge >= 0.3 is 0 Å². The number of carbonyl (C=O) groups is 1. The van der Waals surface area contributed by atoms with Crippen molar-refractivity contribution in [3.8, 4) is 0 Å².